The van der Waals surface area contributed by atoms with E-state index in [2.05, 4.69) is 20.9 Å². The van der Waals surface area contributed by atoms with E-state index in [4.69, 9.17) is 5.73 Å². The predicted molar refractivity (Wildman–Crippen MR) is 75.2 cm³/mol. The minimum absolute atomic E-state index is 0.110. The number of anilines is 2. The van der Waals surface area contributed by atoms with Crippen LogP contribution in [-0.2, 0) is 13.0 Å². The fourth-order valence-corrected chi connectivity index (χ4v) is 2.56. The number of nitrogens with two attached hydrogens (primary N) is 1. The highest BCUT2D eigenvalue weighted by Crippen LogP contribution is 2.26. The maximum absolute atomic E-state index is 11.5. The molecule has 5 heteroatoms. The van der Waals surface area contributed by atoms with Crippen molar-refractivity contribution in [3.63, 3.8) is 0 Å². The molecule has 0 fully saturated rings. The van der Waals surface area contributed by atoms with Gasteiger partial charge in [0.05, 0.1) is 0 Å². The fraction of sp³-hybridized carbons (Fsp3) is 0.286. The van der Waals surface area contributed by atoms with Gasteiger partial charge >= 0.3 is 0 Å². The summed E-state index contributed by atoms with van der Waals surface area (Å²) in [4.78, 5) is 20.7. The number of fused-ring (bicyclic) bond motifs is 1. The number of H-pyrrole nitrogens is 1. The standard InChI is InChI=1S/C14H16N4O/c1-9-16-13(7-14(19)17-9)18-6-5-11-10(8-18)3-2-4-12(11)15/h2-4,7H,5-6,8,15H2,1H3,(H,16,17,19). The van der Waals surface area contributed by atoms with Gasteiger partial charge in [0.25, 0.3) is 5.56 Å². The van der Waals surface area contributed by atoms with Crippen LogP contribution in [0.25, 0.3) is 0 Å². The van der Waals surface area contributed by atoms with Crippen molar-refractivity contribution in [2.45, 2.75) is 19.9 Å². The minimum atomic E-state index is -0.110. The van der Waals surface area contributed by atoms with E-state index in [1.165, 1.54) is 11.1 Å². The van der Waals surface area contributed by atoms with Crippen LogP contribution in [-0.4, -0.2) is 16.5 Å². The number of nitrogen functional groups attached to an aromatic ring is 1. The second-order valence-corrected chi connectivity index (χ2v) is 4.85. The summed E-state index contributed by atoms with van der Waals surface area (Å²) in [7, 11) is 0. The van der Waals surface area contributed by atoms with Gasteiger partial charge in [0.15, 0.2) is 0 Å². The third kappa shape index (κ3) is 2.19. The highest BCUT2D eigenvalue weighted by molar-refractivity contribution is 5.55. The Morgan fingerprint density at radius 3 is 3.05 bits per heavy atom. The SMILES string of the molecule is Cc1nc(N2CCc3c(N)cccc3C2)cc(=O)[nH]1. The molecule has 1 aliphatic rings. The number of hydrogen-bond acceptors (Lipinski definition) is 4. The molecule has 0 bridgehead atoms. The van der Waals surface area contributed by atoms with E-state index in [9.17, 15) is 4.79 Å². The molecular weight excluding hydrogens is 240 g/mol. The van der Waals surface area contributed by atoms with Crippen molar-refractivity contribution >= 4 is 11.5 Å². The minimum Gasteiger partial charge on any atom is -0.398 e. The van der Waals surface area contributed by atoms with Crippen molar-refractivity contribution in [3.8, 4) is 0 Å². The molecule has 3 rings (SSSR count). The van der Waals surface area contributed by atoms with Gasteiger partial charge in [-0.1, -0.05) is 12.1 Å². The number of aromatic nitrogens is 2. The molecule has 98 valence electrons. The Morgan fingerprint density at radius 1 is 1.42 bits per heavy atom. The summed E-state index contributed by atoms with van der Waals surface area (Å²) in [5.41, 5.74) is 9.16. The Balaban J connectivity index is 1.95. The number of nitrogens with zero attached hydrogens (tertiary/aromatic N) is 2. The number of hydrogen-bond donors (Lipinski definition) is 2. The van der Waals surface area contributed by atoms with Gasteiger partial charge in [0, 0.05) is 24.8 Å². The Morgan fingerprint density at radius 2 is 2.26 bits per heavy atom. The van der Waals surface area contributed by atoms with Gasteiger partial charge in [0.1, 0.15) is 11.6 Å². The molecule has 3 N–H and O–H groups in total. The van der Waals surface area contributed by atoms with E-state index in [0.29, 0.717) is 5.82 Å². The summed E-state index contributed by atoms with van der Waals surface area (Å²) in [6.07, 6.45) is 0.884. The molecule has 1 aliphatic heterocycles. The molecule has 0 spiro atoms. The van der Waals surface area contributed by atoms with Gasteiger partial charge < -0.3 is 15.6 Å². The first-order chi connectivity index (χ1) is 9.13. The highest BCUT2D eigenvalue weighted by atomic mass is 16.1. The van der Waals surface area contributed by atoms with Crippen LogP contribution in [0.15, 0.2) is 29.1 Å². The molecule has 0 atom stereocenters. The van der Waals surface area contributed by atoms with Gasteiger partial charge in [-0.25, -0.2) is 4.98 Å². The molecule has 2 heterocycles. The van der Waals surface area contributed by atoms with Gasteiger partial charge in [-0.3, -0.25) is 4.79 Å². The van der Waals surface area contributed by atoms with Crippen LogP contribution >= 0.6 is 0 Å². The number of benzene rings is 1. The van der Waals surface area contributed by atoms with Gasteiger partial charge in [0.2, 0.25) is 0 Å². The summed E-state index contributed by atoms with van der Waals surface area (Å²) in [6, 6.07) is 7.53. The average molecular weight is 256 g/mol. The van der Waals surface area contributed by atoms with Crippen LogP contribution < -0.4 is 16.2 Å². The van der Waals surface area contributed by atoms with Gasteiger partial charge in [-0.15, -0.1) is 0 Å². The number of nitrogens with one attached hydrogen (secondary N) is 1. The molecule has 0 radical (unpaired) electrons. The first kappa shape index (κ1) is 11.8. The molecule has 0 unspecified atom stereocenters. The summed E-state index contributed by atoms with van der Waals surface area (Å²) < 4.78 is 0. The van der Waals surface area contributed by atoms with E-state index in [1.54, 1.807) is 13.0 Å². The fourth-order valence-electron chi connectivity index (χ4n) is 2.56. The number of aryl methyl sites for hydroxylation is 1. The second-order valence-electron chi connectivity index (χ2n) is 4.85. The molecule has 0 saturated carbocycles. The van der Waals surface area contributed by atoms with Crippen molar-refractivity contribution in [2.24, 2.45) is 0 Å². The quantitative estimate of drug-likeness (QED) is 0.752. The third-order valence-corrected chi connectivity index (χ3v) is 3.47. The zero-order valence-electron chi connectivity index (χ0n) is 10.8. The molecular formula is C14H16N4O. The summed E-state index contributed by atoms with van der Waals surface area (Å²) in [5, 5.41) is 0. The van der Waals surface area contributed by atoms with E-state index in [-0.39, 0.29) is 5.56 Å². The highest BCUT2D eigenvalue weighted by Gasteiger charge is 2.19. The molecule has 0 saturated heterocycles. The molecule has 2 aromatic rings. The maximum atomic E-state index is 11.5. The molecule has 5 nitrogen and oxygen atoms in total. The van der Waals surface area contributed by atoms with E-state index in [1.807, 2.05) is 12.1 Å². The molecule has 1 aromatic carbocycles. The van der Waals surface area contributed by atoms with E-state index >= 15 is 0 Å². The Bertz CT molecular complexity index is 677. The van der Waals surface area contributed by atoms with Crippen molar-refractivity contribution in [3.05, 3.63) is 51.6 Å². The summed E-state index contributed by atoms with van der Waals surface area (Å²) in [5.74, 6) is 1.37. The summed E-state index contributed by atoms with van der Waals surface area (Å²) in [6.45, 7) is 3.37. The Kier molecular flexibility index (Phi) is 2.74. The molecule has 1 aromatic heterocycles. The first-order valence-corrected chi connectivity index (χ1v) is 6.32. The van der Waals surface area contributed by atoms with Crippen LogP contribution in [0.2, 0.25) is 0 Å². The Hall–Kier alpha value is -2.30. The molecule has 0 aliphatic carbocycles. The van der Waals surface area contributed by atoms with Crippen LogP contribution in [0.4, 0.5) is 11.5 Å². The van der Waals surface area contributed by atoms with Crippen molar-refractivity contribution in [1.29, 1.82) is 0 Å². The van der Waals surface area contributed by atoms with Gasteiger partial charge in [-0.2, -0.15) is 0 Å². The van der Waals surface area contributed by atoms with E-state index in [0.717, 1.165) is 31.0 Å². The van der Waals surface area contributed by atoms with Gasteiger partial charge in [-0.05, 0) is 30.5 Å². The first-order valence-electron chi connectivity index (χ1n) is 6.32. The Labute approximate surface area is 111 Å². The van der Waals surface area contributed by atoms with Crippen molar-refractivity contribution in [2.75, 3.05) is 17.2 Å². The average Bonchev–Trinajstić information content (AvgIpc) is 2.37. The lowest BCUT2D eigenvalue weighted by Gasteiger charge is -2.30. The largest absolute Gasteiger partial charge is 0.398 e. The lowest BCUT2D eigenvalue weighted by atomic mass is 9.98. The van der Waals surface area contributed by atoms with Crippen molar-refractivity contribution in [1.82, 2.24) is 9.97 Å². The lowest BCUT2D eigenvalue weighted by molar-refractivity contribution is 0.717. The topological polar surface area (TPSA) is 75.0 Å². The molecule has 0 amide bonds. The van der Waals surface area contributed by atoms with E-state index < -0.39 is 0 Å². The summed E-state index contributed by atoms with van der Waals surface area (Å²) >= 11 is 0. The zero-order chi connectivity index (χ0) is 13.4. The second kappa shape index (κ2) is 4.42. The van der Waals surface area contributed by atoms with Crippen LogP contribution in [0.5, 0.6) is 0 Å². The lowest BCUT2D eigenvalue weighted by Crippen LogP contribution is -2.32. The van der Waals surface area contributed by atoms with Crippen LogP contribution in [0, 0.1) is 6.92 Å². The monoisotopic (exact) mass is 256 g/mol. The zero-order valence-corrected chi connectivity index (χ0v) is 10.8. The van der Waals surface area contributed by atoms with Crippen molar-refractivity contribution < 1.29 is 0 Å². The number of rotatable bonds is 1. The third-order valence-electron chi connectivity index (χ3n) is 3.47. The van der Waals surface area contributed by atoms with Crippen LogP contribution in [0.3, 0.4) is 0 Å². The maximum Gasteiger partial charge on any atom is 0.252 e. The van der Waals surface area contributed by atoms with Crippen LogP contribution in [0.1, 0.15) is 17.0 Å². The smallest absolute Gasteiger partial charge is 0.252 e. The number of aromatic amines is 1. The molecule has 19 heavy (non-hydrogen) atoms. The predicted octanol–water partition coefficient (Wildman–Crippen LogP) is 1.22. The normalized spacial score (nSPS) is 14.3.